The average molecular weight is 538 g/mol. The monoisotopic (exact) mass is 537 g/mol. The number of carbonyl (C=O) groups is 1. The van der Waals surface area contributed by atoms with Crippen molar-refractivity contribution in [2.24, 2.45) is 10.1 Å². The Kier molecular flexibility index (Phi) is 6.61. The number of aromatic nitrogens is 1. The van der Waals surface area contributed by atoms with Gasteiger partial charge in [-0.1, -0.05) is 37.3 Å². The summed E-state index contributed by atoms with van der Waals surface area (Å²) in [5, 5.41) is 14.7. The molecule has 0 radical (unpaired) electrons. The summed E-state index contributed by atoms with van der Waals surface area (Å²) in [5.74, 6) is 0.319. The van der Waals surface area contributed by atoms with Crippen molar-refractivity contribution in [3.05, 3.63) is 65.9 Å². The van der Waals surface area contributed by atoms with Gasteiger partial charge in [-0.2, -0.15) is 10.0 Å². The SMILES string of the molecule is CCS(=O)(=O)C1=NN2C(=N)C(=Cc3cn(CCOc4ccccc4OC)c4ccccc34)C(=O)N=C2S1. The highest BCUT2D eigenvalue weighted by atomic mass is 32.3. The van der Waals surface area contributed by atoms with Crippen LogP contribution in [0.4, 0.5) is 0 Å². The Morgan fingerprint density at radius 3 is 2.59 bits per heavy atom. The molecule has 3 aromatic rings. The predicted molar refractivity (Wildman–Crippen MR) is 145 cm³/mol. The third-order valence-electron chi connectivity index (χ3n) is 5.86. The Hall–Kier alpha value is -3.90. The molecule has 1 amide bonds. The highest BCUT2D eigenvalue weighted by Crippen LogP contribution is 2.32. The summed E-state index contributed by atoms with van der Waals surface area (Å²) in [6.07, 6.45) is 3.48. The highest BCUT2D eigenvalue weighted by molar-refractivity contribution is 8.42. The van der Waals surface area contributed by atoms with Gasteiger partial charge < -0.3 is 14.0 Å². The molecule has 0 spiro atoms. The summed E-state index contributed by atoms with van der Waals surface area (Å²) in [6, 6.07) is 15.1. The number of hydrogen-bond acceptors (Lipinski definition) is 8. The standard InChI is InChI=1S/C25H23N5O5S2/c1-3-37(32,33)25-28-30-22(26)18(23(31)27-24(30)36-25)14-16-15-29(19-9-5-4-8-17(16)19)12-13-35-21-11-7-6-10-20(21)34-2/h4-11,14-15,26H,3,12-13H2,1-2H3. The summed E-state index contributed by atoms with van der Waals surface area (Å²) in [6.45, 7) is 2.42. The van der Waals surface area contributed by atoms with E-state index in [-0.39, 0.29) is 26.7 Å². The fourth-order valence-electron chi connectivity index (χ4n) is 3.95. The number of amides is 1. The highest BCUT2D eigenvalue weighted by Gasteiger charge is 2.39. The van der Waals surface area contributed by atoms with Gasteiger partial charge in [0.05, 0.1) is 25.0 Å². The molecule has 2 aromatic carbocycles. The number of ether oxygens (including phenoxy) is 2. The fraction of sp³-hybridized carbons (Fsp3) is 0.200. The second-order valence-corrected chi connectivity index (χ2v) is 11.5. The molecule has 1 aromatic heterocycles. The summed E-state index contributed by atoms with van der Waals surface area (Å²) < 4.78 is 37.6. The molecule has 2 aliphatic rings. The minimum absolute atomic E-state index is 0.0245. The molecule has 0 fully saturated rings. The maximum absolute atomic E-state index is 12.8. The van der Waals surface area contributed by atoms with Crippen molar-refractivity contribution in [2.45, 2.75) is 13.5 Å². The summed E-state index contributed by atoms with van der Waals surface area (Å²) >= 11 is 0.781. The molecule has 2 aliphatic heterocycles. The van der Waals surface area contributed by atoms with Gasteiger partial charge in [-0.15, -0.1) is 5.10 Å². The number of para-hydroxylation sites is 3. The van der Waals surface area contributed by atoms with Crippen LogP contribution in [0.5, 0.6) is 11.5 Å². The maximum atomic E-state index is 12.8. The lowest BCUT2D eigenvalue weighted by Gasteiger charge is -2.19. The Bertz CT molecular complexity index is 1620. The molecule has 0 bridgehead atoms. The molecule has 0 saturated carbocycles. The maximum Gasteiger partial charge on any atom is 0.283 e. The zero-order chi connectivity index (χ0) is 26.2. The number of methoxy groups -OCH3 is 1. The van der Waals surface area contributed by atoms with Crippen LogP contribution >= 0.6 is 11.8 Å². The minimum atomic E-state index is -3.59. The first-order valence-corrected chi connectivity index (χ1v) is 13.9. The van der Waals surface area contributed by atoms with Crippen LogP contribution in [-0.2, 0) is 21.2 Å². The number of benzene rings is 2. The second kappa shape index (κ2) is 9.87. The number of nitrogens with zero attached hydrogens (tertiary/aromatic N) is 4. The fourth-order valence-corrected chi connectivity index (χ4v) is 6.11. The quantitative estimate of drug-likeness (QED) is 0.455. The minimum Gasteiger partial charge on any atom is -0.493 e. The lowest BCUT2D eigenvalue weighted by atomic mass is 10.1. The number of amidine groups is 2. The number of nitrogens with one attached hydrogen (secondary N) is 1. The Labute approximate surface area is 217 Å². The molecule has 0 unspecified atom stereocenters. The van der Waals surface area contributed by atoms with Crippen molar-refractivity contribution in [1.82, 2.24) is 9.58 Å². The zero-order valence-corrected chi connectivity index (χ0v) is 21.7. The number of thioether (sulfide) groups is 1. The van der Waals surface area contributed by atoms with E-state index in [0.717, 1.165) is 33.2 Å². The Balaban J connectivity index is 1.43. The molecule has 190 valence electrons. The van der Waals surface area contributed by atoms with Gasteiger partial charge in [0.1, 0.15) is 6.61 Å². The Morgan fingerprint density at radius 1 is 1.11 bits per heavy atom. The third-order valence-corrected chi connectivity index (χ3v) is 8.95. The normalized spacial score (nSPS) is 16.7. The van der Waals surface area contributed by atoms with Crippen molar-refractivity contribution < 1.29 is 22.7 Å². The molecule has 3 heterocycles. The molecule has 10 nitrogen and oxygen atoms in total. The van der Waals surface area contributed by atoms with Crippen LogP contribution in [0.15, 0.2) is 70.4 Å². The van der Waals surface area contributed by atoms with Gasteiger partial charge in [0.15, 0.2) is 17.3 Å². The smallest absolute Gasteiger partial charge is 0.283 e. The number of rotatable bonds is 7. The molecular weight excluding hydrogens is 514 g/mol. The molecule has 12 heteroatoms. The number of fused-ring (bicyclic) bond motifs is 2. The first-order chi connectivity index (χ1) is 17.8. The van der Waals surface area contributed by atoms with E-state index >= 15 is 0 Å². The van der Waals surface area contributed by atoms with Gasteiger partial charge in [0.2, 0.25) is 19.4 Å². The molecule has 5 rings (SSSR count). The average Bonchev–Trinajstić information content (AvgIpc) is 3.49. The molecule has 37 heavy (non-hydrogen) atoms. The van der Waals surface area contributed by atoms with Gasteiger partial charge in [-0.05, 0) is 36.0 Å². The second-order valence-electron chi connectivity index (χ2n) is 8.08. The zero-order valence-electron chi connectivity index (χ0n) is 20.0. The van der Waals surface area contributed by atoms with Crippen molar-refractivity contribution >= 4 is 59.9 Å². The van der Waals surface area contributed by atoms with E-state index in [2.05, 4.69) is 10.1 Å². The topological polar surface area (TPSA) is 126 Å². The van der Waals surface area contributed by atoms with Gasteiger partial charge in [-0.3, -0.25) is 10.2 Å². The summed E-state index contributed by atoms with van der Waals surface area (Å²) in [5.41, 5.74) is 1.68. The van der Waals surface area contributed by atoms with Gasteiger partial charge in [-0.25, -0.2) is 8.42 Å². The molecule has 0 atom stereocenters. The van der Waals surface area contributed by atoms with Gasteiger partial charge >= 0.3 is 0 Å². The largest absolute Gasteiger partial charge is 0.493 e. The van der Waals surface area contributed by atoms with E-state index in [0.29, 0.717) is 24.7 Å². The first-order valence-electron chi connectivity index (χ1n) is 11.4. The molecule has 0 saturated heterocycles. The summed E-state index contributed by atoms with van der Waals surface area (Å²) in [4.78, 5) is 16.8. The van der Waals surface area contributed by atoms with Crippen LogP contribution in [0.25, 0.3) is 17.0 Å². The lowest BCUT2D eigenvalue weighted by Crippen LogP contribution is -2.35. The van der Waals surface area contributed by atoms with Gasteiger partial charge in [0.25, 0.3) is 5.91 Å². The summed E-state index contributed by atoms with van der Waals surface area (Å²) in [7, 11) is -2.00. The van der Waals surface area contributed by atoms with E-state index in [4.69, 9.17) is 14.9 Å². The van der Waals surface area contributed by atoms with Crippen LogP contribution < -0.4 is 9.47 Å². The number of hydrazone groups is 1. The molecular formula is C25H23N5O5S2. The first kappa shape index (κ1) is 24.8. The van der Waals surface area contributed by atoms with Gasteiger partial charge in [0, 0.05) is 22.7 Å². The predicted octanol–water partition coefficient (Wildman–Crippen LogP) is 3.74. The van der Waals surface area contributed by atoms with E-state index < -0.39 is 15.7 Å². The van der Waals surface area contributed by atoms with Crippen molar-refractivity contribution in [3.8, 4) is 11.5 Å². The number of sulfone groups is 1. The van der Waals surface area contributed by atoms with Crippen LogP contribution in [0, 0.1) is 5.41 Å². The van der Waals surface area contributed by atoms with Crippen molar-refractivity contribution in [1.29, 1.82) is 5.41 Å². The lowest BCUT2D eigenvalue weighted by molar-refractivity contribution is -0.114. The number of aliphatic imine (C=N–C) groups is 1. The van der Waals surface area contributed by atoms with E-state index in [1.807, 2.05) is 59.3 Å². The third kappa shape index (κ3) is 4.65. The van der Waals surface area contributed by atoms with Crippen molar-refractivity contribution in [2.75, 3.05) is 19.5 Å². The van der Waals surface area contributed by atoms with Crippen molar-refractivity contribution in [3.63, 3.8) is 0 Å². The number of hydrogen-bond donors (Lipinski definition) is 1. The number of carbonyl (C=O) groups excluding carboxylic acids is 1. The Morgan fingerprint density at radius 2 is 1.84 bits per heavy atom. The van der Waals surface area contributed by atoms with Crippen LogP contribution in [0.2, 0.25) is 0 Å². The molecule has 1 N–H and O–H groups in total. The molecule has 0 aliphatic carbocycles. The van der Waals surface area contributed by atoms with E-state index in [1.54, 1.807) is 13.2 Å². The van der Waals surface area contributed by atoms with E-state index in [1.165, 1.54) is 6.92 Å². The van der Waals surface area contributed by atoms with E-state index in [9.17, 15) is 13.2 Å². The van der Waals surface area contributed by atoms with Crippen LogP contribution in [-0.4, -0.2) is 58.7 Å². The van der Waals surface area contributed by atoms with Crippen LogP contribution in [0.3, 0.4) is 0 Å². The van der Waals surface area contributed by atoms with Crippen LogP contribution in [0.1, 0.15) is 12.5 Å².